The van der Waals surface area contributed by atoms with E-state index in [0.29, 0.717) is 12.5 Å². The number of nitrogens with zero attached hydrogens (tertiary/aromatic N) is 1. The summed E-state index contributed by atoms with van der Waals surface area (Å²) in [6.45, 7) is 0.413. The van der Waals surface area contributed by atoms with Crippen LogP contribution in [-0.4, -0.2) is 10.9 Å². The quantitative estimate of drug-likeness (QED) is 0.867. The lowest BCUT2D eigenvalue weighted by atomic mass is 10.2. The number of aromatic nitrogens is 1. The topological polar surface area (TPSA) is 65.2 Å². The summed E-state index contributed by atoms with van der Waals surface area (Å²) in [5.41, 5.74) is 6.38. The van der Waals surface area contributed by atoms with Crippen molar-refractivity contribution in [1.29, 1.82) is 0 Å². The number of rotatable bonds is 4. The van der Waals surface area contributed by atoms with Crippen LogP contribution in [0.2, 0.25) is 0 Å². The molecule has 0 radical (unpaired) electrons. The molecule has 1 aromatic carbocycles. The molecule has 4 nitrogen and oxygen atoms in total. The van der Waals surface area contributed by atoms with Gasteiger partial charge in [0.05, 0.1) is 0 Å². The molecule has 4 heteroatoms. The van der Waals surface area contributed by atoms with E-state index in [9.17, 15) is 4.79 Å². The van der Waals surface area contributed by atoms with Gasteiger partial charge in [0, 0.05) is 6.07 Å². The summed E-state index contributed by atoms with van der Waals surface area (Å²) in [6, 6.07) is 14.7. The molecule has 1 amide bonds. The molecule has 1 heterocycles. The van der Waals surface area contributed by atoms with Gasteiger partial charge in [-0.3, -0.25) is 4.79 Å². The minimum Gasteiger partial charge on any atom is -0.473 e. The highest BCUT2D eigenvalue weighted by Gasteiger charge is 2.03. The van der Waals surface area contributed by atoms with Crippen molar-refractivity contribution in [3.05, 3.63) is 59.8 Å². The third-order valence-corrected chi connectivity index (χ3v) is 2.21. The largest absolute Gasteiger partial charge is 0.473 e. The van der Waals surface area contributed by atoms with Crippen molar-refractivity contribution < 1.29 is 9.53 Å². The molecule has 0 aliphatic carbocycles. The molecule has 0 aliphatic rings. The molecule has 2 N–H and O–H groups in total. The summed E-state index contributed by atoms with van der Waals surface area (Å²) < 4.78 is 5.46. The molecule has 0 unspecified atom stereocenters. The molecule has 2 aromatic rings. The first-order chi connectivity index (χ1) is 8.25. The molecule has 0 fully saturated rings. The van der Waals surface area contributed by atoms with Gasteiger partial charge in [0.1, 0.15) is 12.3 Å². The van der Waals surface area contributed by atoms with Crippen LogP contribution in [-0.2, 0) is 6.61 Å². The monoisotopic (exact) mass is 228 g/mol. The summed E-state index contributed by atoms with van der Waals surface area (Å²) in [4.78, 5) is 14.9. The molecular formula is C13H12N2O2. The van der Waals surface area contributed by atoms with Crippen molar-refractivity contribution in [3.8, 4) is 5.88 Å². The van der Waals surface area contributed by atoms with Crippen LogP contribution in [0, 0.1) is 0 Å². The summed E-state index contributed by atoms with van der Waals surface area (Å²) in [5.74, 6) is -0.166. The Balaban J connectivity index is 2.04. The molecule has 1 aromatic heterocycles. The molecule has 86 valence electrons. The summed E-state index contributed by atoms with van der Waals surface area (Å²) >= 11 is 0. The highest BCUT2D eigenvalue weighted by atomic mass is 16.5. The lowest BCUT2D eigenvalue weighted by Crippen LogP contribution is -2.13. The van der Waals surface area contributed by atoms with Crippen molar-refractivity contribution in [1.82, 2.24) is 4.98 Å². The van der Waals surface area contributed by atoms with Crippen LogP contribution >= 0.6 is 0 Å². The maximum Gasteiger partial charge on any atom is 0.267 e. The van der Waals surface area contributed by atoms with E-state index in [0.717, 1.165) is 5.56 Å². The third kappa shape index (κ3) is 3.04. The number of benzene rings is 1. The number of hydrogen-bond donors (Lipinski definition) is 1. The zero-order chi connectivity index (χ0) is 12.1. The average molecular weight is 228 g/mol. The first-order valence-corrected chi connectivity index (χ1v) is 5.19. The van der Waals surface area contributed by atoms with Crippen molar-refractivity contribution in [2.75, 3.05) is 0 Å². The van der Waals surface area contributed by atoms with E-state index in [4.69, 9.17) is 10.5 Å². The molecule has 0 aliphatic heterocycles. The number of ether oxygens (including phenoxy) is 1. The highest BCUT2D eigenvalue weighted by Crippen LogP contribution is 2.10. The van der Waals surface area contributed by atoms with E-state index in [2.05, 4.69) is 4.98 Å². The summed E-state index contributed by atoms with van der Waals surface area (Å²) in [6.07, 6.45) is 0. The van der Waals surface area contributed by atoms with Crippen LogP contribution in [0.3, 0.4) is 0 Å². The van der Waals surface area contributed by atoms with E-state index >= 15 is 0 Å². The Labute approximate surface area is 99.1 Å². The molecule has 0 bridgehead atoms. The molecular weight excluding hydrogens is 216 g/mol. The molecule has 0 spiro atoms. The molecule has 17 heavy (non-hydrogen) atoms. The third-order valence-electron chi connectivity index (χ3n) is 2.21. The van der Waals surface area contributed by atoms with Crippen LogP contribution in [0.5, 0.6) is 5.88 Å². The fourth-order valence-corrected chi connectivity index (χ4v) is 1.36. The zero-order valence-electron chi connectivity index (χ0n) is 9.17. The maximum atomic E-state index is 10.9. The SMILES string of the molecule is NC(=O)c1cccc(OCc2ccccc2)n1. The minimum atomic E-state index is -0.560. The standard InChI is InChI=1S/C13H12N2O2/c14-13(16)11-7-4-8-12(15-11)17-9-10-5-2-1-3-6-10/h1-8H,9H2,(H2,14,16). The van der Waals surface area contributed by atoms with Crippen molar-refractivity contribution in [2.45, 2.75) is 6.61 Å². The van der Waals surface area contributed by atoms with Gasteiger partial charge < -0.3 is 10.5 Å². The van der Waals surface area contributed by atoms with E-state index in [1.54, 1.807) is 18.2 Å². The lowest BCUT2D eigenvalue weighted by Gasteiger charge is -2.05. The second kappa shape index (κ2) is 5.12. The Morgan fingerprint density at radius 2 is 1.88 bits per heavy atom. The fraction of sp³-hybridized carbons (Fsp3) is 0.0769. The number of carbonyl (C=O) groups is 1. The number of carbonyl (C=O) groups excluding carboxylic acids is 1. The van der Waals surface area contributed by atoms with E-state index < -0.39 is 5.91 Å². The Kier molecular flexibility index (Phi) is 3.35. The van der Waals surface area contributed by atoms with Gasteiger partial charge in [-0.1, -0.05) is 36.4 Å². The van der Waals surface area contributed by atoms with Crippen molar-refractivity contribution in [3.63, 3.8) is 0 Å². The molecule has 0 saturated carbocycles. The van der Waals surface area contributed by atoms with Gasteiger partial charge in [0.25, 0.3) is 5.91 Å². The van der Waals surface area contributed by atoms with Crippen LogP contribution < -0.4 is 10.5 Å². The van der Waals surface area contributed by atoms with Crippen molar-refractivity contribution in [2.24, 2.45) is 5.73 Å². The van der Waals surface area contributed by atoms with Gasteiger partial charge in [-0.2, -0.15) is 0 Å². The van der Waals surface area contributed by atoms with Crippen LogP contribution in [0.1, 0.15) is 16.1 Å². The Bertz CT molecular complexity index is 512. The van der Waals surface area contributed by atoms with E-state index in [-0.39, 0.29) is 5.69 Å². The van der Waals surface area contributed by atoms with Gasteiger partial charge in [-0.05, 0) is 11.6 Å². The van der Waals surface area contributed by atoms with Gasteiger partial charge >= 0.3 is 0 Å². The van der Waals surface area contributed by atoms with Gasteiger partial charge in [0.2, 0.25) is 5.88 Å². The number of hydrogen-bond acceptors (Lipinski definition) is 3. The van der Waals surface area contributed by atoms with Crippen molar-refractivity contribution >= 4 is 5.91 Å². The van der Waals surface area contributed by atoms with Gasteiger partial charge in [0.15, 0.2) is 0 Å². The average Bonchev–Trinajstić information content (AvgIpc) is 2.38. The number of nitrogens with two attached hydrogens (primary N) is 1. The normalized spacial score (nSPS) is 9.88. The number of primary amides is 1. The van der Waals surface area contributed by atoms with Crippen LogP contribution in [0.15, 0.2) is 48.5 Å². The second-order valence-corrected chi connectivity index (χ2v) is 3.50. The predicted molar refractivity (Wildman–Crippen MR) is 63.5 cm³/mol. The summed E-state index contributed by atoms with van der Waals surface area (Å²) in [5, 5.41) is 0. The molecule has 0 atom stereocenters. The predicted octanol–water partition coefficient (Wildman–Crippen LogP) is 1.76. The van der Waals surface area contributed by atoms with Crippen LogP contribution in [0.4, 0.5) is 0 Å². The minimum absolute atomic E-state index is 0.204. The fourth-order valence-electron chi connectivity index (χ4n) is 1.36. The summed E-state index contributed by atoms with van der Waals surface area (Å²) in [7, 11) is 0. The number of amides is 1. The van der Waals surface area contributed by atoms with E-state index in [1.807, 2.05) is 30.3 Å². The van der Waals surface area contributed by atoms with Gasteiger partial charge in [-0.25, -0.2) is 4.98 Å². The maximum absolute atomic E-state index is 10.9. The molecule has 2 rings (SSSR count). The number of pyridine rings is 1. The Morgan fingerprint density at radius 3 is 2.59 bits per heavy atom. The Morgan fingerprint density at radius 1 is 1.12 bits per heavy atom. The first kappa shape index (κ1) is 11.1. The lowest BCUT2D eigenvalue weighted by molar-refractivity contribution is 0.0994. The smallest absolute Gasteiger partial charge is 0.267 e. The zero-order valence-corrected chi connectivity index (χ0v) is 9.17. The Hall–Kier alpha value is -2.36. The first-order valence-electron chi connectivity index (χ1n) is 5.19. The highest BCUT2D eigenvalue weighted by molar-refractivity contribution is 5.90. The molecule has 0 saturated heterocycles. The van der Waals surface area contributed by atoms with Crippen LogP contribution in [0.25, 0.3) is 0 Å². The van der Waals surface area contributed by atoms with E-state index in [1.165, 1.54) is 0 Å². The van der Waals surface area contributed by atoms with Gasteiger partial charge in [-0.15, -0.1) is 0 Å². The second-order valence-electron chi connectivity index (χ2n) is 3.50.